The number of ether oxygens (including phenoxy) is 1. The molecule has 1 aliphatic rings. The lowest BCUT2D eigenvalue weighted by Gasteiger charge is -2.41. The van der Waals surface area contributed by atoms with Gasteiger partial charge in [-0.3, -0.25) is 0 Å². The molecule has 1 heterocycles. The van der Waals surface area contributed by atoms with Crippen molar-refractivity contribution in [3.05, 3.63) is 29.8 Å². The van der Waals surface area contributed by atoms with Crippen LogP contribution >= 0.6 is 11.8 Å². The van der Waals surface area contributed by atoms with Crippen LogP contribution in [0.5, 0.6) is 0 Å². The summed E-state index contributed by atoms with van der Waals surface area (Å²) in [6, 6.07) is 11.1. The molecule has 0 spiro atoms. The predicted molar refractivity (Wildman–Crippen MR) is 105 cm³/mol. The van der Waals surface area contributed by atoms with Crippen LogP contribution in [0.4, 0.5) is 0 Å². The lowest BCUT2D eigenvalue weighted by molar-refractivity contribution is -0.162. The summed E-state index contributed by atoms with van der Waals surface area (Å²) in [7, 11) is -1.76. The maximum atomic E-state index is 12.1. The van der Waals surface area contributed by atoms with E-state index in [9.17, 15) is 9.90 Å². The summed E-state index contributed by atoms with van der Waals surface area (Å²) in [4.78, 5) is 11.7. The first kappa shape index (κ1) is 20.5. The Kier molecular flexibility index (Phi) is 7.14. The number of carboxylic acids is 1. The van der Waals surface area contributed by atoms with E-state index in [4.69, 9.17) is 9.16 Å². The van der Waals surface area contributed by atoms with Crippen LogP contribution in [0.2, 0.25) is 18.1 Å². The second kappa shape index (κ2) is 8.71. The molecule has 1 aromatic rings. The fraction of sp³-hybridized carbons (Fsp3) is 0.632. The Morgan fingerprint density at radius 1 is 1.28 bits per heavy atom. The molecule has 1 aromatic carbocycles. The predicted octanol–water partition coefficient (Wildman–Crippen LogP) is 5.07. The molecule has 1 N–H and O–H groups in total. The van der Waals surface area contributed by atoms with E-state index in [2.05, 4.69) is 20.8 Å². The molecule has 0 amide bonds. The van der Waals surface area contributed by atoms with E-state index >= 15 is 0 Å². The number of aryl methyl sites for hydroxylation is 1. The molecule has 6 heteroatoms. The highest BCUT2D eigenvalue weighted by Gasteiger charge is 2.47. The second-order valence-electron chi connectivity index (χ2n) is 6.80. The molecule has 2 rings (SSSR count). The van der Waals surface area contributed by atoms with Gasteiger partial charge in [-0.2, -0.15) is 0 Å². The number of hydrogen-bond donors (Lipinski definition) is 1. The summed E-state index contributed by atoms with van der Waals surface area (Å²) in [5.41, 5.74) is 1.16. The maximum absolute atomic E-state index is 12.1. The molecule has 1 aliphatic heterocycles. The van der Waals surface area contributed by atoms with Crippen molar-refractivity contribution in [3.8, 4) is 0 Å². The van der Waals surface area contributed by atoms with Gasteiger partial charge in [0.2, 0.25) is 4.93 Å². The minimum atomic E-state index is -1.76. The normalized spacial score (nSPS) is 24.2. The Morgan fingerprint density at radius 3 is 2.40 bits per heavy atom. The molecule has 0 aromatic heterocycles. The van der Waals surface area contributed by atoms with Gasteiger partial charge in [0.25, 0.3) is 0 Å². The zero-order valence-corrected chi connectivity index (χ0v) is 17.5. The Labute approximate surface area is 156 Å². The molecule has 25 heavy (non-hydrogen) atoms. The van der Waals surface area contributed by atoms with E-state index in [0.29, 0.717) is 13.0 Å². The summed E-state index contributed by atoms with van der Waals surface area (Å²) in [6.45, 7) is 9.04. The van der Waals surface area contributed by atoms with Crippen molar-refractivity contribution in [2.45, 2.75) is 74.6 Å². The van der Waals surface area contributed by atoms with Crippen molar-refractivity contribution in [3.63, 3.8) is 0 Å². The Hall–Kier alpha value is -0.823. The van der Waals surface area contributed by atoms with Crippen LogP contribution < -0.4 is 0 Å². The lowest BCUT2D eigenvalue weighted by Crippen LogP contribution is -2.50. The Morgan fingerprint density at radius 2 is 1.88 bits per heavy atom. The van der Waals surface area contributed by atoms with Crippen LogP contribution in [0.3, 0.4) is 0 Å². The van der Waals surface area contributed by atoms with Gasteiger partial charge in [-0.15, -0.1) is 0 Å². The third-order valence-electron chi connectivity index (χ3n) is 5.25. The van der Waals surface area contributed by atoms with E-state index in [1.807, 2.05) is 31.2 Å². The third-order valence-corrected chi connectivity index (χ3v) is 11.2. The van der Waals surface area contributed by atoms with Gasteiger partial charge in [0.1, 0.15) is 0 Å². The average molecular weight is 383 g/mol. The average Bonchev–Trinajstić information content (AvgIpc) is 2.62. The van der Waals surface area contributed by atoms with Gasteiger partial charge in [-0.25, -0.2) is 4.79 Å². The van der Waals surface area contributed by atoms with E-state index in [-0.39, 0.29) is 6.10 Å². The van der Waals surface area contributed by atoms with Crippen LogP contribution in [-0.4, -0.2) is 37.0 Å². The number of carbonyl (C=O) groups is 1. The van der Waals surface area contributed by atoms with Gasteiger partial charge in [0.15, 0.2) is 8.32 Å². The molecule has 0 bridgehead atoms. The van der Waals surface area contributed by atoms with Crippen LogP contribution in [0.25, 0.3) is 0 Å². The molecule has 2 unspecified atom stereocenters. The van der Waals surface area contributed by atoms with E-state index in [0.717, 1.165) is 35.0 Å². The molecule has 0 aliphatic carbocycles. The summed E-state index contributed by atoms with van der Waals surface area (Å²) in [5.74, 6) is -0.914. The molecule has 0 radical (unpaired) electrons. The van der Waals surface area contributed by atoms with Crippen molar-refractivity contribution in [1.29, 1.82) is 0 Å². The number of rotatable bonds is 8. The third kappa shape index (κ3) is 4.87. The standard InChI is InChI=1S/C19H30O4SSi/c1-5-25(6-2,7-3)23-16-12-13-22-19(14-16,18(20)21)24-17-10-8-15(4)9-11-17/h8-11,16H,5-7,12-14H2,1-4H3,(H,20,21). The highest BCUT2D eigenvalue weighted by atomic mass is 32.2. The molecular formula is C19H30O4SSi. The first-order valence-electron chi connectivity index (χ1n) is 9.19. The number of thioether (sulfide) groups is 1. The number of hydrogen-bond acceptors (Lipinski definition) is 4. The van der Waals surface area contributed by atoms with Gasteiger partial charge in [0.05, 0.1) is 12.7 Å². The molecule has 1 saturated heterocycles. The minimum absolute atomic E-state index is 0.0330. The van der Waals surface area contributed by atoms with Gasteiger partial charge < -0.3 is 14.3 Å². The zero-order valence-electron chi connectivity index (χ0n) is 15.7. The fourth-order valence-corrected chi connectivity index (χ4v) is 7.39. The Bertz CT molecular complexity index is 565. The van der Waals surface area contributed by atoms with Gasteiger partial charge in [0, 0.05) is 11.3 Å². The zero-order chi connectivity index (χ0) is 18.5. The largest absolute Gasteiger partial charge is 0.478 e. The van der Waals surface area contributed by atoms with Crippen molar-refractivity contribution in [2.24, 2.45) is 0 Å². The second-order valence-corrected chi connectivity index (χ2v) is 12.9. The van der Waals surface area contributed by atoms with Gasteiger partial charge in [-0.05, 0) is 43.6 Å². The summed E-state index contributed by atoms with van der Waals surface area (Å²) in [5, 5.41) is 9.90. The molecule has 2 atom stereocenters. The smallest absolute Gasteiger partial charge is 0.347 e. The first-order valence-corrected chi connectivity index (χ1v) is 12.5. The highest BCUT2D eigenvalue weighted by molar-refractivity contribution is 8.01. The van der Waals surface area contributed by atoms with E-state index < -0.39 is 19.2 Å². The van der Waals surface area contributed by atoms with Gasteiger partial charge in [-0.1, -0.05) is 50.2 Å². The Balaban J connectivity index is 2.18. The van der Waals surface area contributed by atoms with Crippen LogP contribution in [0, 0.1) is 6.92 Å². The molecule has 1 fully saturated rings. The van der Waals surface area contributed by atoms with E-state index in [1.165, 1.54) is 11.8 Å². The van der Waals surface area contributed by atoms with Crippen molar-refractivity contribution >= 4 is 26.0 Å². The van der Waals surface area contributed by atoms with E-state index in [1.54, 1.807) is 0 Å². The monoisotopic (exact) mass is 382 g/mol. The SMILES string of the molecule is CC[Si](CC)(CC)OC1CCOC(Sc2ccc(C)cc2)(C(=O)O)C1. The quantitative estimate of drug-likeness (QED) is 0.636. The topological polar surface area (TPSA) is 55.8 Å². The number of benzene rings is 1. The highest BCUT2D eigenvalue weighted by Crippen LogP contribution is 2.43. The first-order chi connectivity index (χ1) is 11.9. The van der Waals surface area contributed by atoms with Crippen LogP contribution in [0.1, 0.15) is 39.2 Å². The number of carboxylic acid groups (broad SMARTS) is 1. The summed E-state index contributed by atoms with van der Waals surface area (Å²) < 4.78 is 12.4. The van der Waals surface area contributed by atoms with Crippen molar-refractivity contribution in [1.82, 2.24) is 0 Å². The van der Waals surface area contributed by atoms with Crippen LogP contribution in [0.15, 0.2) is 29.2 Å². The molecule has 4 nitrogen and oxygen atoms in total. The summed E-state index contributed by atoms with van der Waals surface area (Å²) >= 11 is 1.30. The minimum Gasteiger partial charge on any atom is -0.478 e. The lowest BCUT2D eigenvalue weighted by atomic mass is 10.1. The van der Waals surface area contributed by atoms with Crippen molar-refractivity contribution < 1.29 is 19.1 Å². The van der Waals surface area contributed by atoms with Crippen molar-refractivity contribution in [2.75, 3.05) is 6.61 Å². The van der Waals surface area contributed by atoms with Gasteiger partial charge >= 0.3 is 5.97 Å². The fourth-order valence-electron chi connectivity index (χ4n) is 3.33. The van der Waals surface area contributed by atoms with Crippen LogP contribution in [-0.2, 0) is 14.0 Å². The molecular weight excluding hydrogens is 352 g/mol. The number of aliphatic carboxylic acids is 1. The molecule has 140 valence electrons. The summed E-state index contributed by atoms with van der Waals surface area (Å²) in [6.07, 6.45) is 1.14. The molecule has 0 saturated carbocycles. The maximum Gasteiger partial charge on any atom is 0.347 e.